The fraction of sp³-hybridized carbons (Fsp3) is 0.385. The van der Waals surface area contributed by atoms with Gasteiger partial charge in [-0.15, -0.1) is 0 Å². The lowest BCUT2D eigenvalue weighted by Crippen LogP contribution is -2.39. The third-order valence-electron chi connectivity index (χ3n) is 4.15. The molecule has 3 rings (SSSR count). The predicted molar refractivity (Wildman–Crippen MR) is 78.9 cm³/mol. The maximum atomic E-state index is 12.3. The number of hydrogen-bond donors (Lipinski definition) is 0. The first kappa shape index (κ1) is 14.6. The molecule has 7 heteroatoms. The molecule has 1 aliphatic heterocycles. The summed E-state index contributed by atoms with van der Waals surface area (Å²) in [5.41, 5.74) is 0.0934. The standard InChI is InChI=1S/C13H9Cl4NO2/c14-8-1-6(2-9(15)11(8)12(16)20)13-4-7(3-10(13)19)18(17)5-13/h1-2,7H,3-5H2. The van der Waals surface area contributed by atoms with Crippen LogP contribution in [0.3, 0.4) is 0 Å². The molecular formula is C13H9Cl4NO2. The highest BCUT2D eigenvalue weighted by Crippen LogP contribution is 2.49. The number of halogens is 4. The molecule has 1 aromatic rings. The molecule has 2 atom stereocenters. The number of hydrogen-bond acceptors (Lipinski definition) is 3. The molecule has 0 radical (unpaired) electrons. The molecule has 3 nitrogen and oxygen atoms in total. The SMILES string of the molecule is O=C(Cl)c1c(Cl)cc(C23CC(CC2=O)N(Cl)C3)cc1Cl. The average Bonchev–Trinajstić information content (AvgIpc) is 2.82. The molecule has 2 aliphatic rings. The fourth-order valence-electron chi connectivity index (χ4n) is 3.14. The molecule has 1 saturated carbocycles. The van der Waals surface area contributed by atoms with Gasteiger partial charge < -0.3 is 0 Å². The molecule has 2 bridgehead atoms. The van der Waals surface area contributed by atoms with Crippen molar-refractivity contribution in [2.24, 2.45) is 0 Å². The van der Waals surface area contributed by atoms with Crippen molar-refractivity contribution in [1.29, 1.82) is 0 Å². The van der Waals surface area contributed by atoms with Crippen LogP contribution in [0.1, 0.15) is 28.8 Å². The Morgan fingerprint density at radius 2 is 1.90 bits per heavy atom. The number of fused-ring (bicyclic) bond motifs is 2. The van der Waals surface area contributed by atoms with Crippen LogP contribution in [0.5, 0.6) is 0 Å². The Morgan fingerprint density at radius 1 is 1.30 bits per heavy atom. The van der Waals surface area contributed by atoms with E-state index in [1.165, 1.54) is 0 Å². The normalized spacial score (nSPS) is 29.2. The monoisotopic (exact) mass is 351 g/mol. The van der Waals surface area contributed by atoms with Crippen LogP contribution in [-0.4, -0.2) is 28.0 Å². The van der Waals surface area contributed by atoms with Crippen molar-refractivity contribution >= 4 is 57.6 Å². The minimum atomic E-state index is -0.718. The molecular weight excluding hydrogens is 344 g/mol. The lowest BCUT2D eigenvalue weighted by molar-refractivity contribution is -0.123. The molecule has 0 N–H and O–H groups in total. The summed E-state index contributed by atoms with van der Waals surface area (Å²) in [6, 6.07) is 3.25. The molecule has 1 saturated heterocycles. The van der Waals surface area contributed by atoms with Crippen molar-refractivity contribution in [1.82, 2.24) is 4.42 Å². The Kier molecular flexibility index (Phi) is 3.55. The first-order valence-corrected chi connectivity index (χ1v) is 7.47. The highest BCUT2D eigenvalue weighted by molar-refractivity contribution is 6.70. The number of nitrogens with zero attached hydrogens (tertiary/aromatic N) is 1. The Morgan fingerprint density at radius 3 is 2.35 bits per heavy atom. The second-order valence-electron chi connectivity index (χ2n) is 5.21. The molecule has 0 aromatic heterocycles. The van der Waals surface area contributed by atoms with Gasteiger partial charge in [-0.25, -0.2) is 4.42 Å². The van der Waals surface area contributed by atoms with Gasteiger partial charge in [0, 0.05) is 19.0 Å². The van der Waals surface area contributed by atoms with Crippen molar-refractivity contribution in [3.8, 4) is 0 Å². The quantitative estimate of drug-likeness (QED) is 0.600. The number of carbonyl (C=O) groups excluding carboxylic acids is 2. The largest absolute Gasteiger partial charge is 0.299 e. The molecule has 1 heterocycles. The van der Waals surface area contributed by atoms with E-state index in [0.29, 0.717) is 24.9 Å². The van der Waals surface area contributed by atoms with E-state index in [9.17, 15) is 9.59 Å². The first-order chi connectivity index (χ1) is 9.35. The van der Waals surface area contributed by atoms with Crippen molar-refractivity contribution in [2.45, 2.75) is 24.3 Å². The summed E-state index contributed by atoms with van der Waals surface area (Å²) in [7, 11) is 0. The molecule has 1 aromatic carbocycles. The van der Waals surface area contributed by atoms with E-state index in [4.69, 9.17) is 46.6 Å². The van der Waals surface area contributed by atoms with Gasteiger partial charge in [-0.3, -0.25) is 9.59 Å². The third-order valence-corrected chi connectivity index (χ3v) is 5.33. The number of rotatable bonds is 2. The molecule has 0 amide bonds. The zero-order chi connectivity index (χ0) is 14.7. The maximum Gasteiger partial charge on any atom is 0.255 e. The van der Waals surface area contributed by atoms with Gasteiger partial charge in [0.05, 0.1) is 21.0 Å². The van der Waals surface area contributed by atoms with Crippen LogP contribution < -0.4 is 0 Å². The maximum absolute atomic E-state index is 12.3. The second kappa shape index (κ2) is 4.85. The summed E-state index contributed by atoms with van der Waals surface area (Å²) in [5, 5.41) is -0.401. The van der Waals surface area contributed by atoms with Crippen molar-refractivity contribution in [3.05, 3.63) is 33.3 Å². The lowest BCUT2D eigenvalue weighted by Gasteiger charge is -2.28. The summed E-state index contributed by atoms with van der Waals surface area (Å²) in [5.74, 6) is 0.136. The van der Waals surface area contributed by atoms with E-state index in [-0.39, 0.29) is 27.4 Å². The van der Waals surface area contributed by atoms with Gasteiger partial charge in [0.15, 0.2) is 0 Å². The summed E-state index contributed by atoms with van der Waals surface area (Å²) in [4.78, 5) is 23.6. The summed E-state index contributed by atoms with van der Waals surface area (Å²) < 4.78 is 1.66. The molecule has 1 aliphatic carbocycles. The topological polar surface area (TPSA) is 37.4 Å². The predicted octanol–water partition coefficient (Wildman–Crippen LogP) is 3.81. The van der Waals surface area contributed by atoms with Gasteiger partial charge in [0.25, 0.3) is 5.24 Å². The van der Waals surface area contributed by atoms with E-state index < -0.39 is 10.7 Å². The molecule has 0 spiro atoms. The van der Waals surface area contributed by atoms with Gasteiger partial charge >= 0.3 is 0 Å². The van der Waals surface area contributed by atoms with Crippen molar-refractivity contribution in [3.63, 3.8) is 0 Å². The summed E-state index contributed by atoms with van der Waals surface area (Å²) in [6.45, 7) is 0.429. The number of carbonyl (C=O) groups is 2. The van der Waals surface area contributed by atoms with Crippen LogP contribution in [0, 0.1) is 0 Å². The third kappa shape index (κ3) is 1.99. The Balaban J connectivity index is 2.12. The zero-order valence-corrected chi connectivity index (χ0v) is 13.2. The van der Waals surface area contributed by atoms with E-state index >= 15 is 0 Å². The van der Waals surface area contributed by atoms with Gasteiger partial charge in [-0.05, 0) is 47.5 Å². The smallest absolute Gasteiger partial charge is 0.255 e. The van der Waals surface area contributed by atoms with Crippen molar-refractivity contribution in [2.75, 3.05) is 6.54 Å². The summed E-state index contributed by atoms with van der Waals surface area (Å²) >= 11 is 23.7. The average molecular weight is 353 g/mol. The van der Waals surface area contributed by atoms with E-state index in [1.54, 1.807) is 16.6 Å². The van der Waals surface area contributed by atoms with Crippen LogP contribution in [-0.2, 0) is 10.2 Å². The minimum absolute atomic E-state index is 0.0519. The van der Waals surface area contributed by atoms with E-state index in [0.717, 1.165) is 0 Å². The van der Waals surface area contributed by atoms with Gasteiger partial charge in [-0.1, -0.05) is 23.2 Å². The van der Waals surface area contributed by atoms with Gasteiger partial charge in [-0.2, -0.15) is 0 Å². The zero-order valence-electron chi connectivity index (χ0n) is 10.1. The molecule has 2 unspecified atom stereocenters. The van der Waals surface area contributed by atoms with E-state index in [2.05, 4.69) is 0 Å². The molecule has 20 heavy (non-hydrogen) atoms. The lowest BCUT2D eigenvalue weighted by atomic mass is 9.79. The van der Waals surface area contributed by atoms with Crippen LogP contribution in [0.4, 0.5) is 0 Å². The highest BCUT2D eigenvalue weighted by Gasteiger charge is 2.56. The highest BCUT2D eigenvalue weighted by atomic mass is 35.5. The van der Waals surface area contributed by atoms with Gasteiger partial charge in [0.1, 0.15) is 5.78 Å². The first-order valence-electron chi connectivity index (χ1n) is 6.00. The Hall–Kier alpha value is -0.320. The summed E-state index contributed by atoms with van der Waals surface area (Å²) in [6.07, 6.45) is 1.07. The van der Waals surface area contributed by atoms with Gasteiger partial charge in [0.2, 0.25) is 0 Å². The van der Waals surface area contributed by atoms with Crippen LogP contribution in [0.25, 0.3) is 0 Å². The Labute approximate surface area is 135 Å². The number of Topliss-reactive ketones (excluding diaryl/α,β-unsaturated/α-hetero) is 1. The van der Waals surface area contributed by atoms with Crippen LogP contribution in [0.15, 0.2) is 12.1 Å². The van der Waals surface area contributed by atoms with Crippen LogP contribution in [0.2, 0.25) is 10.0 Å². The van der Waals surface area contributed by atoms with Crippen molar-refractivity contribution < 1.29 is 9.59 Å². The molecule has 106 valence electrons. The molecule has 2 fully saturated rings. The fourth-order valence-corrected chi connectivity index (χ4v) is 4.44. The number of piperidine rings is 1. The number of benzene rings is 1. The van der Waals surface area contributed by atoms with E-state index in [1.807, 2.05) is 0 Å². The second-order valence-corrected chi connectivity index (χ2v) is 6.81. The Bertz CT molecular complexity index is 606. The minimum Gasteiger partial charge on any atom is -0.299 e. The van der Waals surface area contributed by atoms with Crippen LogP contribution >= 0.6 is 46.6 Å². The number of ketones is 1.